The Kier molecular flexibility index (Phi) is 3.64. The number of likely N-dealkylation sites (tertiary alicyclic amines) is 1. The molecular weight excluding hydrogens is 370 g/mol. The van der Waals surface area contributed by atoms with Crippen LogP contribution in [0.15, 0.2) is 57.4 Å². The lowest BCUT2D eigenvalue weighted by Crippen LogP contribution is -2.25. The zero-order chi connectivity index (χ0) is 17.0. The van der Waals surface area contributed by atoms with Crippen LogP contribution in [0, 0.1) is 0 Å². The van der Waals surface area contributed by atoms with Gasteiger partial charge in [-0.25, -0.2) is 8.42 Å². The number of benzene rings is 1. The molecule has 1 fully saturated rings. The minimum Gasteiger partial charge on any atom is -0.297 e. The predicted octanol–water partition coefficient (Wildman–Crippen LogP) is 4.23. The highest BCUT2D eigenvalue weighted by atomic mass is 32.2. The van der Waals surface area contributed by atoms with Crippen molar-refractivity contribution in [2.45, 2.75) is 22.6 Å². The third-order valence-corrected chi connectivity index (χ3v) is 9.16. The maximum Gasteiger partial charge on any atom is 0.183 e. The van der Waals surface area contributed by atoms with Gasteiger partial charge in [0.25, 0.3) is 0 Å². The molecule has 2 aliphatic rings. The third-order valence-electron chi connectivity index (χ3n) is 5.25. The molecule has 3 aromatic rings. The number of sulfone groups is 1. The lowest BCUT2D eigenvalue weighted by atomic mass is 9.96. The monoisotopic (exact) mass is 387 g/mol. The molecule has 25 heavy (non-hydrogen) atoms. The summed E-state index contributed by atoms with van der Waals surface area (Å²) in [5.74, 6) is 0.0959. The molecule has 0 bridgehead atoms. The van der Waals surface area contributed by atoms with Gasteiger partial charge in [0, 0.05) is 30.4 Å². The van der Waals surface area contributed by atoms with Crippen LogP contribution >= 0.6 is 22.7 Å². The van der Waals surface area contributed by atoms with Crippen LogP contribution in [0.4, 0.5) is 0 Å². The molecule has 0 aliphatic carbocycles. The van der Waals surface area contributed by atoms with E-state index in [9.17, 15) is 8.42 Å². The van der Waals surface area contributed by atoms with E-state index >= 15 is 0 Å². The molecular formula is C19H17NO2S3. The van der Waals surface area contributed by atoms with E-state index in [4.69, 9.17) is 0 Å². The molecule has 3 nitrogen and oxygen atoms in total. The summed E-state index contributed by atoms with van der Waals surface area (Å²) in [5.41, 5.74) is 3.42. The quantitative estimate of drug-likeness (QED) is 0.675. The normalized spacial score (nSPS) is 24.3. The van der Waals surface area contributed by atoms with Crippen molar-refractivity contribution in [3.8, 4) is 10.4 Å². The molecule has 2 aliphatic heterocycles. The second kappa shape index (κ2) is 5.77. The highest BCUT2D eigenvalue weighted by molar-refractivity contribution is 7.92. The Hall–Kier alpha value is -1.47. The number of nitrogens with zero attached hydrogens (tertiary/aromatic N) is 1. The average molecular weight is 388 g/mol. The summed E-state index contributed by atoms with van der Waals surface area (Å²) in [6.45, 7) is 2.29. The molecule has 0 N–H and O–H groups in total. The van der Waals surface area contributed by atoms with Crippen molar-refractivity contribution < 1.29 is 8.42 Å². The van der Waals surface area contributed by atoms with E-state index in [1.54, 1.807) is 22.7 Å². The lowest BCUT2D eigenvalue weighted by Gasteiger charge is -2.16. The zero-order valence-electron chi connectivity index (χ0n) is 13.5. The van der Waals surface area contributed by atoms with E-state index in [2.05, 4.69) is 39.2 Å². The summed E-state index contributed by atoms with van der Waals surface area (Å²) in [4.78, 5) is 4.03. The molecule has 2 aromatic heterocycles. The van der Waals surface area contributed by atoms with E-state index in [1.165, 1.54) is 10.4 Å². The highest BCUT2D eigenvalue weighted by Crippen LogP contribution is 2.46. The fourth-order valence-electron chi connectivity index (χ4n) is 4.09. The van der Waals surface area contributed by atoms with Gasteiger partial charge >= 0.3 is 0 Å². The molecule has 1 saturated heterocycles. The Morgan fingerprint density at radius 2 is 2.04 bits per heavy atom. The van der Waals surface area contributed by atoms with E-state index < -0.39 is 9.84 Å². The molecule has 0 saturated carbocycles. The molecule has 128 valence electrons. The highest BCUT2D eigenvalue weighted by Gasteiger charge is 2.50. The first-order chi connectivity index (χ1) is 12.1. The van der Waals surface area contributed by atoms with Crippen molar-refractivity contribution >= 4 is 32.5 Å². The Balaban J connectivity index is 1.51. The molecule has 0 spiro atoms. The van der Waals surface area contributed by atoms with Gasteiger partial charge in [-0.05, 0) is 57.1 Å². The third kappa shape index (κ3) is 2.51. The Morgan fingerprint density at radius 1 is 1.12 bits per heavy atom. The first-order valence-corrected chi connectivity index (χ1v) is 11.6. The lowest BCUT2D eigenvalue weighted by molar-refractivity contribution is 0.326. The summed E-state index contributed by atoms with van der Waals surface area (Å²) >= 11 is 3.38. The minimum absolute atomic E-state index is 0.0959. The van der Waals surface area contributed by atoms with Crippen LogP contribution in [0.2, 0.25) is 0 Å². The summed E-state index contributed by atoms with van der Waals surface area (Å²) in [6.07, 6.45) is 0. The molecule has 6 heteroatoms. The Morgan fingerprint density at radius 3 is 2.80 bits per heavy atom. The number of thiophene rings is 2. The molecule has 4 heterocycles. The van der Waals surface area contributed by atoms with Gasteiger partial charge in [0.2, 0.25) is 0 Å². The first-order valence-electron chi connectivity index (χ1n) is 8.28. The smallest absolute Gasteiger partial charge is 0.183 e. The van der Waals surface area contributed by atoms with E-state index in [0.29, 0.717) is 11.4 Å². The second-order valence-corrected chi connectivity index (χ2v) is 10.6. The average Bonchev–Trinajstić information content (AvgIpc) is 3.37. The van der Waals surface area contributed by atoms with Gasteiger partial charge in [-0.3, -0.25) is 4.90 Å². The van der Waals surface area contributed by atoms with Crippen molar-refractivity contribution in [1.82, 2.24) is 4.90 Å². The number of hydrogen-bond acceptors (Lipinski definition) is 5. The second-order valence-electron chi connectivity index (χ2n) is 6.75. The number of fused-ring (bicyclic) bond motifs is 3. The Bertz CT molecular complexity index is 1010. The van der Waals surface area contributed by atoms with Crippen molar-refractivity contribution in [2.75, 3.05) is 13.1 Å². The van der Waals surface area contributed by atoms with Gasteiger partial charge in [-0.1, -0.05) is 12.1 Å². The maximum atomic E-state index is 13.0. The fourth-order valence-corrected chi connectivity index (χ4v) is 7.67. The van der Waals surface area contributed by atoms with Crippen LogP contribution in [0.25, 0.3) is 10.4 Å². The number of hydrogen-bond donors (Lipinski definition) is 0. The fraction of sp³-hybridized carbons (Fsp3) is 0.263. The maximum absolute atomic E-state index is 13.0. The molecule has 0 radical (unpaired) electrons. The summed E-state index contributed by atoms with van der Waals surface area (Å²) in [5, 5.41) is 5.98. The summed E-state index contributed by atoms with van der Waals surface area (Å²) in [6, 6.07) is 12.1. The van der Waals surface area contributed by atoms with E-state index in [-0.39, 0.29) is 11.2 Å². The van der Waals surface area contributed by atoms with Gasteiger partial charge in [0.1, 0.15) is 0 Å². The van der Waals surface area contributed by atoms with Crippen LogP contribution in [0.3, 0.4) is 0 Å². The van der Waals surface area contributed by atoms with Crippen molar-refractivity contribution in [1.29, 1.82) is 0 Å². The predicted molar refractivity (Wildman–Crippen MR) is 103 cm³/mol. The van der Waals surface area contributed by atoms with Crippen LogP contribution in [-0.4, -0.2) is 31.7 Å². The standard InChI is InChI=1S/C19H17NO2S3/c21-25(22)18-4-3-14(17-2-1-6-24-17)8-15(18)16-10-20(11-19(16)25)9-13-5-7-23-12-13/h1-8,12,16,19H,9-11H2/t16-,19+/m1/s1. The van der Waals surface area contributed by atoms with Crippen molar-refractivity contribution in [3.63, 3.8) is 0 Å². The topological polar surface area (TPSA) is 37.4 Å². The van der Waals surface area contributed by atoms with Crippen LogP contribution in [-0.2, 0) is 16.4 Å². The van der Waals surface area contributed by atoms with Gasteiger partial charge in [-0.15, -0.1) is 11.3 Å². The van der Waals surface area contributed by atoms with E-state index in [0.717, 1.165) is 24.2 Å². The summed E-state index contributed by atoms with van der Waals surface area (Å²) in [7, 11) is -3.22. The van der Waals surface area contributed by atoms with Crippen LogP contribution in [0.5, 0.6) is 0 Å². The first kappa shape index (κ1) is 15.8. The molecule has 5 rings (SSSR count). The molecule has 0 amide bonds. The van der Waals surface area contributed by atoms with Gasteiger partial charge in [0.15, 0.2) is 9.84 Å². The molecule has 2 atom stereocenters. The van der Waals surface area contributed by atoms with Crippen LogP contribution in [0.1, 0.15) is 17.0 Å². The summed E-state index contributed by atoms with van der Waals surface area (Å²) < 4.78 is 26.0. The zero-order valence-corrected chi connectivity index (χ0v) is 15.9. The molecule has 1 aromatic carbocycles. The van der Waals surface area contributed by atoms with Gasteiger partial charge < -0.3 is 0 Å². The van der Waals surface area contributed by atoms with E-state index in [1.807, 2.05) is 18.2 Å². The van der Waals surface area contributed by atoms with Gasteiger partial charge in [0.05, 0.1) is 10.1 Å². The minimum atomic E-state index is -3.22. The SMILES string of the molecule is O=S1(=O)c2ccc(-c3cccs3)cc2[C@H]2CN(Cc3ccsc3)C[C@@H]21. The van der Waals surface area contributed by atoms with Gasteiger partial charge in [-0.2, -0.15) is 11.3 Å². The molecule has 0 unspecified atom stereocenters. The Labute approximate surface area is 155 Å². The van der Waals surface area contributed by atoms with Crippen molar-refractivity contribution in [2.24, 2.45) is 0 Å². The number of rotatable bonds is 3. The largest absolute Gasteiger partial charge is 0.297 e. The van der Waals surface area contributed by atoms with Crippen molar-refractivity contribution in [3.05, 3.63) is 63.7 Å². The van der Waals surface area contributed by atoms with Crippen LogP contribution < -0.4 is 0 Å².